The third-order valence-electron chi connectivity index (χ3n) is 7.96. The van der Waals surface area contributed by atoms with Gasteiger partial charge in [-0.2, -0.15) is 0 Å². The number of benzene rings is 1. The normalized spacial score (nSPS) is 23.9. The van der Waals surface area contributed by atoms with Gasteiger partial charge in [0, 0.05) is 51.8 Å². The molecule has 0 saturated carbocycles. The van der Waals surface area contributed by atoms with Gasteiger partial charge in [0.1, 0.15) is 0 Å². The minimum atomic E-state index is 0.231. The highest BCUT2D eigenvalue weighted by atomic mass is 16.2. The molecule has 4 heterocycles. The van der Waals surface area contributed by atoms with Gasteiger partial charge in [-0.1, -0.05) is 30.3 Å². The van der Waals surface area contributed by atoms with Crippen molar-refractivity contribution in [2.24, 2.45) is 11.8 Å². The second-order valence-corrected chi connectivity index (χ2v) is 10.0. The molecule has 6 nitrogen and oxygen atoms in total. The van der Waals surface area contributed by atoms with Crippen molar-refractivity contribution < 1.29 is 4.79 Å². The molecule has 1 aromatic carbocycles. The molecule has 1 unspecified atom stereocenters. The fraction of sp³-hybridized carbons (Fsp3) is 0.615. The maximum Gasteiger partial charge on any atom is 0.219 e. The number of nitrogens with one attached hydrogen (secondary N) is 1. The lowest BCUT2D eigenvalue weighted by Gasteiger charge is -2.44. The van der Waals surface area contributed by atoms with Gasteiger partial charge in [-0.25, -0.2) is 4.98 Å². The number of hydrogen-bond donors (Lipinski definition) is 1. The summed E-state index contributed by atoms with van der Waals surface area (Å²) in [5.74, 6) is 1.63. The van der Waals surface area contributed by atoms with Crippen LogP contribution >= 0.6 is 0 Å². The van der Waals surface area contributed by atoms with Crippen LogP contribution in [0.4, 0.5) is 0 Å². The van der Waals surface area contributed by atoms with E-state index in [2.05, 4.69) is 45.1 Å². The summed E-state index contributed by atoms with van der Waals surface area (Å²) in [7, 11) is 0. The number of aromatic nitrogens is 2. The molecule has 2 fully saturated rings. The molecule has 172 valence electrons. The average Bonchev–Trinajstić information content (AvgIpc) is 3.30. The second kappa shape index (κ2) is 9.75. The smallest absolute Gasteiger partial charge is 0.219 e. The highest BCUT2D eigenvalue weighted by Gasteiger charge is 2.37. The van der Waals surface area contributed by atoms with Crippen LogP contribution in [-0.4, -0.2) is 69.8 Å². The predicted molar refractivity (Wildman–Crippen MR) is 126 cm³/mol. The van der Waals surface area contributed by atoms with Crippen molar-refractivity contribution in [1.82, 2.24) is 24.7 Å². The van der Waals surface area contributed by atoms with E-state index >= 15 is 0 Å². The monoisotopic (exact) mass is 435 g/mol. The number of H-pyrrole nitrogens is 1. The zero-order valence-electron chi connectivity index (χ0n) is 19.4. The lowest BCUT2D eigenvalue weighted by molar-refractivity contribution is -0.130. The van der Waals surface area contributed by atoms with Crippen LogP contribution in [0.1, 0.15) is 55.6 Å². The zero-order chi connectivity index (χ0) is 21.9. The predicted octanol–water partition coefficient (Wildman–Crippen LogP) is 3.48. The molecule has 1 atom stereocenters. The number of amides is 1. The molecule has 0 radical (unpaired) electrons. The summed E-state index contributed by atoms with van der Waals surface area (Å²) in [5, 5.41) is 0. The van der Waals surface area contributed by atoms with Gasteiger partial charge in [-0.15, -0.1) is 0 Å². The molecular weight excluding hydrogens is 398 g/mol. The number of carbonyl (C=O) groups excluding carboxylic acids is 1. The molecule has 1 N–H and O–H groups in total. The van der Waals surface area contributed by atoms with Gasteiger partial charge in [0.15, 0.2) is 0 Å². The van der Waals surface area contributed by atoms with Crippen molar-refractivity contribution in [2.75, 3.05) is 39.3 Å². The first-order valence-electron chi connectivity index (χ1n) is 12.5. The fourth-order valence-corrected chi connectivity index (χ4v) is 6.12. The van der Waals surface area contributed by atoms with Crippen molar-refractivity contribution in [3.8, 4) is 0 Å². The lowest BCUT2D eigenvalue weighted by atomic mass is 9.83. The Bertz CT molecular complexity index is 881. The minimum absolute atomic E-state index is 0.231. The number of nitrogens with zero attached hydrogens (tertiary/aromatic N) is 4. The van der Waals surface area contributed by atoms with E-state index in [0.717, 1.165) is 51.4 Å². The number of carbonyl (C=O) groups is 1. The molecule has 1 amide bonds. The number of imidazole rings is 1. The molecular formula is C26H37N5O. The summed E-state index contributed by atoms with van der Waals surface area (Å²) in [5.41, 5.74) is 4.03. The first kappa shape index (κ1) is 21.7. The van der Waals surface area contributed by atoms with Crippen molar-refractivity contribution in [3.63, 3.8) is 0 Å². The van der Waals surface area contributed by atoms with E-state index in [4.69, 9.17) is 4.98 Å². The molecule has 3 aliphatic rings. The van der Waals surface area contributed by atoms with Crippen LogP contribution in [0.5, 0.6) is 0 Å². The van der Waals surface area contributed by atoms with Crippen LogP contribution in [0, 0.1) is 11.8 Å². The summed E-state index contributed by atoms with van der Waals surface area (Å²) in [6, 6.07) is 11.3. The Kier molecular flexibility index (Phi) is 6.60. The Labute approximate surface area is 192 Å². The van der Waals surface area contributed by atoms with E-state index < -0.39 is 0 Å². The highest BCUT2D eigenvalue weighted by Crippen LogP contribution is 2.39. The summed E-state index contributed by atoms with van der Waals surface area (Å²) >= 11 is 0. The van der Waals surface area contributed by atoms with Gasteiger partial charge in [0.2, 0.25) is 5.91 Å². The standard InChI is InChI=1S/C26H37N5O/c1-20(32)30-14-7-22(8-15-30)17-29-12-9-23(10-13-29)26-25-24(27-19-28-25)11-16-31(26)18-21-5-3-2-4-6-21/h2-6,19,22-23,26H,7-18H2,1H3,(H,27,28). The van der Waals surface area contributed by atoms with Crippen molar-refractivity contribution in [3.05, 3.63) is 53.6 Å². The molecule has 0 bridgehead atoms. The molecule has 0 spiro atoms. The quantitative estimate of drug-likeness (QED) is 0.781. The number of likely N-dealkylation sites (tertiary alicyclic amines) is 2. The first-order valence-corrected chi connectivity index (χ1v) is 12.5. The first-order chi connectivity index (χ1) is 15.7. The van der Waals surface area contributed by atoms with Crippen LogP contribution in [0.3, 0.4) is 0 Å². The molecule has 1 aromatic heterocycles. The maximum absolute atomic E-state index is 11.6. The van der Waals surface area contributed by atoms with Gasteiger partial charge in [0.25, 0.3) is 0 Å². The Hall–Kier alpha value is -2.18. The van der Waals surface area contributed by atoms with Gasteiger partial charge in [-0.3, -0.25) is 9.69 Å². The Morgan fingerprint density at radius 1 is 1.03 bits per heavy atom. The maximum atomic E-state index is 11.6. The Morgan fingerprint density at radius 3 is 2.50 bits per heavy atom. The Balaban J connectivity index is 1.20. The van der Waals surface area contributed by atoms with Crippen LogP contribution in [0.2, 0.25) is 0 Å². The number of piperidine rings is 2. The van der Waals surface area contributed by atoms with Crippen molar-refractivity contribution in [2.45, 2.75) is 51.6 Å². The largest absolute Gasteiger partial charge is 0.348 e. The molecule has 2 saturated heterocycles. The zero-order valence-corrected chi connectivity index (χ0v) is 19.4. The topological polar surface area (TPSA) is 55.5 Å². The van der Waals surface area contributed by atoms with Gasteiger partial charge in [-0.05, 0) is 56.2 Å². The molecule has 2 aromatic rings. The van der Waals surface area contributed by atoms with E-state index in [0.29, 0.717) is 12.0 Å². The number of fused-ring (bicyclic) bond motifs is 1. The van der Waals surface area contributed by atoms with E-state index in [1.807, 2.05) is 11.2 Å². The highest BCUT2D eigenvalue weighted by molar-refractivity contribution is 5.73. The second-order valence-electron chi connectivity index (χ2n) is 10.0. The van der Waals surface area contributed by atoms with Crippen molar-refractivity contribution in [1.29, 1.82) is 0 Å². The number of rotatable bonds is 5. The molecule has 32 heavy (non-hydrogen) atoms. The lowest BCUT2D eigenvalue weighted by Crippen LogP contribution is -2.45. The molecule has 0 aliphatic carbocycles. The van der Waals surface area contributed by atoms with Crippen LogP contribution in [-0.2, 0) is 17.8 Å². The Morgan fingerprint density at radius 2 is 1.78 bits per heavy atom. The van der Waals surface area contributed by atoms with Gasteiger partial charge < -0.3 is 14.8 Å². The molecule has 5 rings (SSSR count). The summed E-state index contributed by atoms with van der Waals surface area (Å²) in [6.45, 7) is 9.26. The number of hydrogen-bond acceptors (Lipinski definition) is 4. The van der Waals surface area contributed by atoms with E-state index in [9.17, 15) is 4.79 Å². The van der Waals surface area contributed by atoms with E-state index in [1.54, 1.807) is 6.92 Å². The summed E-state index contributed by atoms with van der Waals surface area (Å²) < 4.78 is 0. The minimum Gasteiger partial charge on any atom is -0.348 e. The number of aromatic amines is 1. The van der Waals surface area contributed by atoms with Crippen LogP contribution in [0.25, 0.3) is 0 Å². The van der Waals surface area contributed by atoms with Crippen molar-refractivity contribution >= 4 is 5.91 Å². The SMILES string of the molecule is CC(=O)N1CCC(CN2CCC(C3c4nc[nH]c4CCN3Cc3ccccc3)CC2)CC1. The fourth-order valence-electron chi connectivity index (χ4n) is 6.12. The third kappa shape index (κ3) is 4.76. The van der Waals surface area contributed by atoms with Gasteiger partial charge >= 0.3 is 0 Å². The average molecular weight is 436 g/mol. The van der Waals surface area contributed by atoms with E-state index in [1.165, 1.54) is 49.4 Å². The third-order valence-corrected chi connectivity index (χ3v) is 7.96. The summed E-state index contributed by atoms with van der Waals surface area (Å²) in [4.78, 5) is 27.2. The van der Waals surface area contributed by atoms with E-state index in [-0.39, 0.29) is 5.91 Å². The van der Waals surface area contributed by atoms with Crippen LogP contribution in [0.15, 0.2) is 36.7 Å². The summed E-state index contributed by atoms with van der Waals surface area (Å²) in [6.07, 6.45) is 7.76. The van der Waals surface area contributed by atoms with Gasteiger partial charge in [0.05, 0.1) is 18.1 Å². The molecule has 6 heteroatoms. The molecule has 3 aliphatic heterocycles. The van der Waals surface area contributed by atoms with Crippen LogP contribution < -0.4 is 0 Å².